The second-order valence-corrected chi connectivity index (χ2v) is 4.45. The maximum absolute atomic E-state index is 11.9. The predicted molar refractivity (Wildman–Crippen MR) is 72.9 cm³/mol. The topological polar surface area (TPSA) is 77.0 Å². The summed E-state index contributed by atoms with van der Waals surface area (Å²) >= 11 is 0. The van der Waals surface area contributed by atoms with Gasteiger partial charge in [-0.3, -0.25) is 4.79 Å². The summed E-state index contributed by atoms with van der Waals surface area (Å²) in [4.78, 5) is 27.3. The maximum atomic E-state index is 11.9. The summed E-state index contributed by atoms with van der Waals surface area (Å²) in [5.41, 5.74) is 1.24. The number of methoxy groups -OCH3 is 2. The molecule has 0 spiro atoms. The van der Waals surface area contributed by atoms with Gasteiger partial charge in [0, 0.05) is 5.71 Å². The van der Waals surface area contributed by atoms with E-state index in [4.69, 9.17) is 9.47 Å². The molecule has 1 aromatic rings. The van der Waals surface area contributed by atoms with Crippen LogP contribution < -0.4 is 10.1 Å². The third-order valence-electron chi connectivity index (χ3n) is 3.27. The number of amides is 2. The van der Waals surface area contributed by atoms with Crippen molar-refractivity contribution < 1.29 is 19.1 Å². The Morgan fingerprint density at radius 1 is 1.25 bits per heavy atom. The highest BCUT2D eigenvalue weighted by atomic mass is 16.5. The van der Waals surface area contributed by atoms with Gasteiger partial charge in [0.1, 0.15) is 11.7 Å². The third kappa shape index (κ3) is 2.64. The molecule has 6 nitrogen and oxygen atoms in total. The van der Waals surface area contributed by atoms with Crippen LogP contribution in [0, 0.1) is 5.92 Å². The van der Waals surface area contributed by atoms with E-state index >= 15 is 0 Å². The molecule has 2 unspecified atom stereocenters. The molecule has 20 heavy (non-hydrogen) atoms. The van der Waals surface area contributed by atoms with Crippen molar-refractivity contribution >= 4 is 17.7 Å². The van der Waals surface area contributed by atoms with Crippen LogP contribution in [0.5, 0.6) is 5.75 Å². The summed E-state index contributed by atoms with van der Waals surface area (Å²) in [5.74, 6) is -0.339. The molecule has 2 amide bonds. The smallest absolute Gasteiger partial charge is 0.341 e. The van der Waals surface area contributed by atoms with E-state index in [2.05, 4.69) is 10.3 Å². The number of carbonyl (C=O) groups is 2. The lowest BCUT2D eigenvalue weighted by molar-refractivity contribution is -0.143. The van der Waals surface area contributed by atoms with Gasteiger partial charge in [0.25, 0.3) is 0 Å². The number of benzene rings is 1. The van der Waals surface area contributed by atoms with E-state index in [-0.39, 0.29) is 0 Å². The number of urea groups is 1. The zero-order valence-electron chi connectivity index (χ0n) is 11.5. The van der Waals surface area contributed by atoms with Gasteiger partial charge in [0.15, 0.2) is 0 Å². The summed E-state index contributed by atoms with van der Waals surface area (Å²) in [5, 5.41) is 2.70. The highest BCUT2D eigenvalue weighted by Crippen LogP contribution is 2.28. The third-order valence-corrected chi connectivity index (χ3v) is 3.27. The van der Waals surface area contributed by atoms with Crippen LogP contribution in [0.25, 0.3) is 0 Å². The molecule has 2 rings (SSSR count). The van der Waals surface area contributed by atoms with Gasteiger partial charge in [-0.1, -0.05) is 12.1 Å². The van der Waals surface area contributed by atoms with Gasteiger partial charge in [0.2, 0.25) is 0 Å². The van der Waals surface area contributed by atoms with E-state index in [9.17, 15) is 9.59 Å². The maximum Gasteiger partial charge on any atom is 0.341 e. The minimum atomic E-state index is -0.619. The molecule has 106 valence electrons. The number of aliphatic imine (C=N–C) groups is 1. The molecule has 0 radical (unpaired) electrons. The van der Waals surface area contributed by atoms with Crippen LogP contribution in [-0.4, -0.2) is 31.9 Å². The van der Waals surface area contributed by atoms with Crippen molar-refractivity contribution in [2.24, 2.45) is 10.9 Å². The van der Waals surface area contributed by atoms with Crippen molar-refractivity contribution in [3.63, 3.8) is 0 Å². The zero-order chi connectivity index (χ0) is 14.7. The number of rotatable bonds is 3. The van der Waals surface area contributed by atoms with E-state index in [1.54, 1.807) is 38.3 Å². The van der Waals surface area contributed by atoms with Crippen LogP contribution in [0.2, 0.25) is 0 Å². The summed E-state index contributed by atoms with van der Waals surface area (Å²) in [6, 6.07) is 6.21. The first-order chi connectivity index (χ1) is 9.56. The average molecular weight is 276 g/mol. The molecule has 1 aromatic carbocycles. The minimum Gasteiger partial charge on any atom is -0.497 e. The van der Waals surface area contributed by atoms with Gasteiger partial charge < -0.3 is 14.8 Å². The zero-order valence-corrected chi connectivity index (χ0v) is 11.5. The number of hydrogen-bond acceptors (Lipinski definition) is 4. The van der Waals surface area contributed by atoms with Crippen LogP contribution in [0.1, 0.15) is 18.5 Å². The number of ether oxygens (including phenoxy) is 2. The molecule has 1 N–H and O–H groups in total. The monoisotopic (exact) mass is 276 g/mol. The van der Waals surface area contributed by atoms with Crippen molar-refractivity contribution in [2.45, 2.75) is 13.0 Å². The van der Waals surface area contributed by atoms with Crippen molar-refractivity contribution in [1.29, 1.82) is 0 Å². The number of nitrogens with one attached hydrogen (secondary N) is 1. The minimum absolute atomic E-state index is 0.424. The second-order valence-electron chi connectivity index (χ2n) is 4.45. The molecule has 1 aliphatic rings. The van der Waals surface area contributed by atoms with E-state index in [1.807, 2.05) is 0 Å². The fourth-order valence-corrected chi connectivity index (χ4v) is 2.24. The standard InChI is InChI=1S/C14H16N2O4/c1-8-11(13(17)20-3)12(16-14(18)15-8)9-4-6-10(19-2)7-5-9/h4-7,11-12H,1-3H3,(H,16,18). The SMILES string of the molecule is COC(=O)C1C(C)=NC(=O)NC1c1ccc(OC)cc1. The van der Waals surface area contributed by atoms with Crippen molar-refractivity contribution in [3.05, 3.63) is 29.8 Å². The van der Waals surface area contributed by atoms with Crippen molar-refractivity contribution in [3.8, 4) is 5.75 Å². The molecule has 0 bridgehead atoms. The van der Waals surface area contributed by atoms with E-state index in [0.717, 1.165) is 5.56 Å². The largest absolute Gasteiger partial charge is 0.497 e. The molecule has 1 aliphatic heterocycles. The molecule has 0 saturated heterocycles. The van der Waals surface area contributed by atoms with Crippen LogP contribution in [0.4, 0.5) is 4.79 Å². The first-order valence-corrected chi connectivity index (χ1v) is 6.14. The Hall–Kier alpha value is -2.37. The summed E-state index contributed by atoms with van der Waals surface area (Å²) in [7, 11) is 2.89. The van der Waals surface area contributed by atoms with Gasteiger partial charge in [0.05, 0.1) is 20.3 Å². The normalized spacial score (nSPS) is 21.8. The molecule has 6 heteroatoms. The Kier molecular flexibility index (Phi) is 4.02. The fraction of sp³-hybridized carbons (Fsp3) is 0.357. The number of nitrogens with zero attached hydrogens (tertiary/aromatic N) is 1. The second kappa shape index (κ2) is 5.73. The Bertz CT molecular complexity index is 551. The lowest BCUT2D eigenvalue weighted by Crippen LogP contribution is -2.44. The lowest BCUT2D eigenvalue weighted by atomic mass is 9.88. The van der Waals surface area contributed by atoms with Crippen molar-refractivity contribution in [2.75, 3.05) is 14.2 Å². The molecular formula is C14H16N2O4. The van der Waals surface area contributed by atoms with Gasteiger partial charge in [-0.2, -0.15) is 0 Å². The number of hydrogen-bond donors (Lipinski definition) is 1. The van der Waals surface area contributed by atoms with Gasteiger partial charge in [-0.25, -0.2) is 9.79 Å². The van der Waals surface area contributed by atoms with Crippen LogP contribution in [0.15, 0.2) is 29.3 Å². The van der Waals surface area contributed by atoms with Gasteiger partial charge in [-0.05, 0) is 24.6 Å². The fourth-order valence-electron chi connectivity index (χ4n) is 2.24. The Morgan fingerprint density at radius 3 is 2.45 bits per heavy atom. The highest BCUT2D eigenvalue weighted by Gasteiger charge is 2.37. The number of esters is 1. The molecule has 0 fully saturated rings. The predicted octanol–water partition coefficient (Wildman–Crippen LogP) is 1.71. The molecular weight excluding hydrogens is 260 g/mol. The molecule has 0 aliphatic carbocycles. The highest BCUT2D eigenvalue weighted by molar-refractivity contribution is 6.08. The first kappa shape index (κ1) is 14.0. The molecule has 0 saturated carbocycles. The first-order valence-electron chi connectivity index (χ1n) is 6.14. The van der Waals surface area contributed by atoms with E-state index in [0.29, 0.717) is 11.5 Å². The van der Waals surface area contributed by atoms with Crippen molar-refractivity contribution in [1.82, 2.24) is 5.32 Å². The average Bonchev–Trinajstić information content (AvgIpc) is 2.46. The van der Waals surface area contributed by atoms with Crippen LogP contribution >= 0.6 is 0 Å². The van der Waals surface area contributed by atoms with E-state index < -0.39 is 24.0 Å². The summed E-state index contributed by atoms with van der Waals surface area (Å²) < 4.78 is 9.89. The Balaban J connectivity index is 2.37. The van der Waals surface area contributed by atoms with Crippen LogP contribution in [0.3, 0.4) is 0 Å². The van der Waals surface area contributed by atoms with E-state index in [1.165, 1.54) is 7.11 Å². The molecule has 2 atom stereocenters. The van der Waals surface area contributed by atoms with Gasteiger partial charge >= 0.3 is 12.0 Å². The quantitative estimate of drug-likeness (QED) is 0.853. The molecule has 0 aromatic heterocycles. The van der Waals surface area contributed by atoms with Crippen LogP contribution in [-0.2, 0) is 9.53 Å². The Morgan fingerprint density at radius 2 is 1.90 bits per heavy atom. The summed E-state index contributed by atoms with van der Waals surface area (Å²) in [6.45, 7) is 1.65. The lowest BCUT2D eigenvalue weighted by Gasteiger charge is -2.29. The van der Waals surface area contributed by atoms with Gasteiger partial charge in [-0.15, -0.1) is 0 Å². The number of carbonyl (C=O) groups excluding carboxylic acids is 2. The molecule has 1 heterocycles. The summed E-state index contributed by atoms with van der Waals surface area (Å²) in [6.07, 6.45) is 0. The Labute approximate surface area is 116 Å².